The van der Waals surface area contributed by atoms with E-state index in [1.54, 1.807) is 6.08 Å². The summed E-state index contributed by atoms with van der Waals surface area (Å²) in [6, 6.07) is 13.2. The molecule has 104 valence electrons. The molecule has 4 N–H and O–H groups in total. The molecule has 3 nitrogen and oxygen atoms in total. The fourth-order valence-corrected chi connectivity index (χ4v) is 2.55. The molecule has 0 aliphatic heterocycles. The topological polar surface area (TPSA) is 64.9 Å². The number of halogens is 1. The highest BCUT2D eigenvalue weighted by Gasteiger charge is 2.14. The van der Waals surface area contributed by atoms with E-state index in [2.05, 4.69) is 11.6 Å². The SMILES string of the molecule is C=Cc1ccc2c(Cl)c(N)c(-c3ccccc3N)nc2c1. The molecular weight excluding hydrogens is 282 g/mol. The monoisotopic (exact) mass is 295 g/mol. The van der Waals surface area contributed by atoms with Gasteiger partial charge in [-0.05, 0) is 17.7 Å². The van der Waals surface area contributed by atoms with Gasteiger partial charge in [-0.2, -0.15) is 0 Å². The van der Waals surface area contributed by atoms with Crippen molar-refractivity contribution in [1.82, 2.24) is 4.98 Å². The zero-order valence-electron chi connectivity index (χ0n) is 11.3. The van der Waals surface area contributed by atoms with Crippen LogP contribution in [-0.4, -0.2) is 4.98 Å². The Morgan fingerprint density at radius 3 is 2.57 bits per heavy atom. The number of hydrogen-bond acceptors (Lipinski definition) is 3. The molecule has 0 fully saturated rings. The molecule has 3 aromatic rings. The average molecular weight is 296 g/mol. The summed E-state index contributed by atoms with van der Waals surface area (Å²) in [7, 11) is 0. The normalized spacial score (nSPS) is 10.7. The summed E-state index contributed by atoms with van der Waals surface area (Å²) in [5.41, 5.74) is 16.3. The van der Waals surface area contributed by atoms with Crippen molar-refractivity contribution in [3.63, 3.8) is 0 Å². The molecule has 3 rings (SSSR count). The minimum absolute atomic E-state index is 0.438. The molecule has 0 aliphatic rings. The van der Waals surface area contributed by atoms with Gasteiger partial charge in [0, 0.05) is 16.6 Å². The minimum atomic E-state index is 0.438. The third-order valence-corrected chi connectivity index (χ3v) is 3.84. The summed E-state index contributed by atoms with van der Waals surface area (Å²) in [5.74, 6) is 0. The summed E-state index contributed by atoms with van der Waals surface area (Å²) < 4.78 is 0. The maximum absolute atomic E-state index is 6.40. The molecule has 21 heavy (non-hydrogen) atoms. The van der Waals surface area contributed by atoms with E-state index < -0.39 is 0 Å². The van der Waals surface area contributed by atoms with E-state index in [9.17, 15) is 0 Å². The summed E-state index contributed by atoms with van der Waals surface area (Å²) in [6.07, 6.45) is 1.77. The van der Waals surface area contributed by atoms with Gasteiger partial charge in [-0.1, -0.05) is 54.6 Å². The molecule has 0 bridgehead atoms. The van der Waals surface area contributed by atoms with Gasteiger partial charge < -0.3 is 11.5 Å². The van der Waals surface area contributed by atoms with E-state index in [-0.39, 0.29) is 0 Å². The summed E-state index contributed by atoms with van der Waals surface area (Å²) in [6.45, 7) is 3.77. The van der Waals surface area contributed by atoms with Crippen molar-refractivity contribution in [3.8, 4) is 11.3 Å². The Balaban J connectivity index is 2.36. The Bertz CT molecular complexity index is 856. The third kappa shape index (κ3) is 2.22. The average Bonchev–Trinajstić information content (AvgIpc) is 2.51. The fraction of sp³-hybridized carbons (Fsp3) is 0. The first-order chi connectivity index (χ1) is 10.1. The minimum Gasteiger partial charge on any atom is -0.398 e. The van der Waals surface area contributed by atoms with Gasteiger partial charge >= 0.3 is 0 Å². The van der Waals surface area contributed by atoms with Gasteiger partial charge in [0.05, 0.1) is 21.9 Å². The van der Waals surface area contributed by atoms with Crippen LogP contribution in [0.4, 0.5) is 11.4 Å². The van der Waals surface area contributed by atoms with Gasteiger partial charge in [-0.25, -0.2) is 4.98 Å². The van der Waals surface area contributed by atoms with Gasteiger partial charge in [-0.15, -0.1) is 0 Å². The van der Waals surface area contributed by atoms with E-state index in [4.69, 9.17) is 23.1 Å². The second kappa shape index (κ2) is 5.11. The van der Waals surface area contributed by atoms with Crippen LogP contribution in [0.25, 0.3) is 28.2 Å². The number of nitrogen functional groups attached to an aromatic ring is 2. The Labute approximate surface area is 127 Å². The maximum Gasteiger partial charge on any atom is 0.0974 e. The lowest BCUT2D eigenvalue weighted by atomic mass is 10.0. The molecule has 0 spiro atoms. The van der Waals surface area contributed by atoms with Crippen molar-refractivity contribution >= 4 is 40.0 Å². The standard InChI is InChI=1S/C17H14ClN3/c1-2-10-7-8-12-14(9-10)21-17(16(20)15(12)18)11-5-3-4-6-13(11)19/h2-9H,1,19-20H2. The lowest BCUT2D eigenvalue weighted by Crippen LogP contribution is -1.99. The molecule has 1 aromatic heterocycles. The second-order valence-electron chi connectivity index (χ2n) is 4.76. The van der Waals surface area contributed by atoms with Crippen molar-refractivity contribution in [2.75, 3.05) is 11.5 Å². The molecule has 4 heteroatoms. The number of anilines is 2. The van der Waals surface area contributed by atoms with Crippen molar-refractivity contribution in [1.29, 1.82) is 0 Å². The third-order valence-electron chi connectivity index (χ3n) is 3.43. The lowest BCUT2D eigenvalue weighted by molar-refractivity contribution is 1.40. The molecule has 0 aliphatic carbocycles. The van der Waals surface area contributed by atoms with Crippen LogP contribution < -0.4 is 11.5 Å². The predicted octanol–water partition coefficient (Wildman–Crippen LogP) is 4.36. The Hall–Kier alpha value is -2.52. The first kappa shape index (κ1) is 13.5. The number of nitrogens with two attached hydrogens (primary N) is 2. The second-order valence-corrected chi connectivity index (χ2v) is 5.13. The number of fused-ring (bicyclic) bond motifs is 1. The van der Waals surface area contributed by atoms with Crippen LogP contribution >= 0.6 is 11.6 Å². The molecule has 0 atom stereocenters. The van der Waals surface area contributed by atoms with Crippen molar-refractivity contribution < 1.29 is 0 Å². The van der Waals surface area contributed by atoms with Crippen LogP contribution in [0.3, 0.4) is 0 Å². The molecular formula is C17H14ClN3. The highest BCUT2D eigenvalue weighted by atomic mass is 35.5. The van der Waals surface area contributed by atoms with Gasteiger partial charge in [0.15, 0.2) is 0 Å². The molecule has 0 saturated carbocycles. The van der Waals surface area contributed by atoms with E-state index in [0.717, 1.165) is 22.0 Å². The molecule has 0 radical (unpaired) electrons. The molecule has 0 saturated heterocycles. The smallest absolute Gasteiger partial charge is 0.0974 e. The van der Waals surface area contributed by atoms with Crippen LogP contribution in [0, 0.1) is 0 Å². The number of hydrogen-bond donors (Lipinski definition) is 2. The van der Waals surface area contributed by atoms with Crippen LogP contribution in [0.5, 0.6) is 0 Å². The summed E-state index contributed by atoms with van der Waals surface area (Å²) in [5, 5.41) is 1.31. The Kier molecular flexibility index (Phi) is 3.28. The van der Waals surface area contributed by atoms with Gasteiger partial charge in [0.1, 0.15) is 0 Å². The molecule has 1 heterocycles. The van der Waals surface area contributed by atoms with Crippen LogP contribution in [0.15, 0.2) is 49.0 Å². The van der Waals surface area contributed by atoms with E-state index in [0.29, 0.717) is 22.1 Å². The van der Waals surface area contributed by atoms with Crippen LogP contribution in [0.2, 0.25) is 5.02 Å². The largest absolute Gasteiger partial charge is 0.398 e. The first-order valence-electron chi connectivity index (χ1n) is 6.48. The Morgan fingerprint density at radius 2 is 1.86 bits per heavy atom. The van der Waals surface area contributed by atoms with Gasteiger partial charge in [-0.3, -0.25) is 0 Å². The zero-order chi connectivity index (χ0) is 15.0. The number of benzene rings is 2. The number of nitrogens with zero attached hydrogens (tertiary/aromatic N) is 1. The Morgan fingerprint density at radius 1 is 1.10 bits per heavy atom. The number of rotatable bonds is 2. The summed E-state index contributed by atoms with van der Waals surface area (Å²) >= 11 is 6.40. The molecule has 0 amide bonds. The lowest BCUT2D eigenvalue weighted by Gasteiger charge is -2.12. The number of aromatic nitrogens is 1. The molecule has 2 aromatic carbocycles. The van der Waals surface area contributed by atoms with Gasteiger partial charge in [0.25, 0.3) is 0 Å². The fourth-order valence-electron chi connectivity index (χ4n) is 2.30. The van der Waals surface area contributed by atoms with E-state index >= 15 is 0 Å². The van der Waals surface area contributed by atoms with Crippen LogP contribution in [-0.2, 0) is 0 Å². The van der Waals surface area contributed by atoms with Gasteiger partial charge in [0.2, 0.25) is 0 Å². The molecule has 0 unspecified atom stereocenters. The van der Waals surface area contributed by atoms with Crippen molar-refractivity contribution in [2.24, 2.45) is 0 Å². The zero-order valence-corrected chi connectivity index (χ0v) is 12.1. The number of pyridine rings is 1. The van der Waals surface area contributed by atoms with Crippen molar-refractivity contribution in [3.05, 3.63) is 59.6 Å². The van der Waals surface area contributed by atoms with E-state index in [1.165, 1.54) is 0 Å². The predicted molar refractivity (Wildman–Crippen MR) is 91.1 cm³/mol. The van der Waals surface area contributed by atoms with Crippen molar-refractivity contribution in [2.45, 2.75) is 0 Å². The quantitative estimate of drug-likeness (QED) is 0.690. The van der Waals surface area contributed by atoms with E-state index in [1.807, 2.05) is 42.5 Å². The van der Waals surface area contributed by atoms with Crippen LogP contribution in [0.1, 0.15) is 5.56 Å². The summed E-state index contributed by atoms with van der Waals surface area (Å²) in [4.78, 5) is 4.64. The highest BCUT2D eigenvalue weighted by Crippen LogP contribution is 2.37. The first-order valence-corrected chi connectivity index (χ1v) is 6.85. The maximum atomic E-state index is 6.40. The number of para-hydroxylation sites is 1. The highest BCUT2D eigenvalue weighted by molar-refractivity contribution is 6.38.